The molecular formula is C18H27N3O4. The van der Waals surface area contributed by atoms with Crippen LogP contribution in [-0.2, 0) is 20.8 Å². The molecule has 0 bridgehead atoms. The van der Waals surface area contributed by atoms with Gasteiger partial charge < -0.3 is 9.57 Å². The number of ether oxygens (including phenoxy) is 1. The topological polar surface area (TPSA) is 82.0 Å². The molecule has 2 rings (SSSR count). The highest BCUT2D eigenvalue weighted by Crippen LogP contribution is 2.20. The second kappa shape index (κ2) is 8.80. The van der Waals surface area contributed by atoms with E-state index in [9.17, 15) is 4.79 Å². The summed E-state index contributed by atoms with van der Waals surface area (Å²) in [5.74, 6) is 0. The van der Waals surface area contributed by atoms with E-state index in [0.29, 0.717) is 19.6 Å². The van der Waals surface area contributed by atoms with Crippen LogP contribution in [0.4, 0.5) is 4.79 Å². The Hall–Kier alpha value is -2.15. The van der Waals surface area contributed by atoms with E-state index >= 15 is 0 Å². The minimum absolute atomic E-state index is 0.318. The zero-order chi connectivity index (χ0) is 18.3. The molecule has 1 aliphatic rings. The average Bonchev–Trinajstić information content (AvgIpc) is 2.52. The fourth-order valence-electron chi connectivity index (χ4n) is 2.42. The average molecular weight is 349 g/mol. The molecule has 1 heterocycles. The van der Waals surface area contributed by atoms with Gasteiger partial charge in [-0.1, -0.05) is 11.2 Å². The number of hydrogen-bond donors (Lipinski definition) is 1. The molecule has 0 saturated heterocycles. The third-order valence-corrected chi connectivity index (χ3v) is 3.46. The maximum Gasteiger partial charge on any atom is 0.431 e. The van der Waals surface area contributed by atoms with Crippen LogP contribution in [0.25, 0.3) is 0 Å². The highest BCUT2D eigenvalue weighted by Gasteiger charge is 2.18. The second-order valence-electron chi connectivity index (χ2n) is 6.99. The number of aryl methyl sites for hydroxylation is 2. The van der Waals surface area contributed by atoms with Gasteiger partial charge in [0, 0.05) is 12.1 Å². The number of fused-ring (bicyclic) bond motifs is 1. The Kier molecular flexibility index (Phi) is 6.75. The number of rotatable bonds is 6. The number of oxime groups is 1. The third kappa shape index (κ3) is 6.70. The Bertz CT molecular complexity index is 623. The van der Waals surface area contributed by atoms with Crippen LogP contribution < -0.4 is 5.48 Å². The van der Waals surface area contributed by atoms with Crippen molar-refractivity contribution in [2.75, 3.05) is 13.2 Å². The first-order chi connectivity index (χ1) is 11.8. The van der Waals surface area contributed by atoms with E-state index in [1.807, 2.05) is 13.0 Å². The van der Waals surface area contributed by atoms with Crippen molar-refractivity contribution in [2.24, 2.45) is 5.16 Å². The number of pyridine rings is 1. The predicted octanol–water partition coefficient (Wildman–Crippen LogP) is 3.29. The fraction of sp³-hybridized carbons (Fsp3) is 0.611. The Balaban J connectivity index is 1.68. The van der Waals surface area contributed by atoms with Gasteiger partial charge >= 0.3 is 6.09 Å². The molecule has 7 heteroatoms. The van der Waals surface area contributed by atoms with E-state index < -0.39 is 11.7 Å². The quantitative estimate of drug-likeness (QED) is 0.629. The van der Waals surface area contributed by atoms with Crippen molar-refractivity contribution in [1.82, 2.24) is 10.5 Å². The molecule has 0 spiro atoms. The summed E-state index contributed by atoms with van der Waals surface area (Å²) in [5.41, 5.74) is 5.75. The van der Waals surface area contributed by atoms with Crippen molar-refractivity contribution in [3.8, 4) is 0 Å². The van der Waals surface area contributed by atoms with Gasteiger partial charge in [0.2, 0.25) is 0 Å². The van der Waals surface area contributed by atoms with E-state index in [4.69, 9.17) is 14.4 Å². The summed E-state index contributed by atoms with van der Waals surface area (Å²) in [6, 6.07) is 4.14. The monoisotopic (exact) mass is 349 g/mol. The zero-order valence-electron chi connectivity index (χ0n) is 15.4. The molecule has 138 valence electrons. The van der Waals surface area contributed by atoms with Crippen molar-refractivity contribution < 1.29 is 19.2 Å². The van der Waals surface area contributed by atoms with Crippen LogP contribution >= 0.6 is 0 Å². The first-order valence-corrected chi connectivity index (χ1v) is 8.62. The summed E-state index contributed by atoms with van der Waals surface area (Å²) in [4.78, 5) is 26.4. The second-order valence-corrected chi connectivity index (χ2v) is 6.99. The number of aromatic nitrogens is 1. The molecule has 1 amide bonds. The number of hydroxylamine groups is 1. The van der Waals surface area contributed by atoms with Gasteiger partial charge in [-0.15, -0.1) is 0 Å². The Morgan fingerprint density at radius 2 is 2.08 bits per heavy atom. The normalized spacial score (nSPS) is 15.6. The number of carbonyl (C=O) groups is 1. The molecule has 0 aliphatic heterocycles. The molecule has 0 aromatic carbocycles. The van der Waals surface area contributed by atoms with E-state index in [2.05, 4.69) is 21.7 Å². The first-order valence-electron chi connectivity index (χ1n) is 8.62. The van der Waals surface area contributed by atoms with Crippen molar-refractivity contribution in [3.05, 3.63) is 29.1 Å². The number of carbonyl (C=O) groups excluding carboxylic acids is 1. The van der Waals surface area contributed by atoms with Crippen LogP contribution in [0.2, 0.25) is 0 Å². The van der Waals surface area contributed by atoms with Crippen molar-refractivity contribution in [1.29, 1.82) is 0 Å². The highest BCUT2D eigenvalue weighted by molar-refractivity contribution is 6.00. The molecular weight excluding hydrogens is 322 g/mol. The van der Waals surface area contributed by atoms with Gasteiger partial charge in [0.25, 0.3) is 0 Å². The molecule has 1 aliphatic carbocycles. The molecule has 7 nitrogen and oxygen atoms in total. The largest absolute Gasteiger partial charge is 0.442 e. The van der Waals surface area contributed by atoms with Crippen LogP contribution in [-0.4, -0.2) is 35.6 Å². The molecule has 0 unspecified atom stereocenters. The Morgan fingerprint density at radius 1 is 1.28 bits per heavy atom. The lowest BCUT2D eigenvalue weighted by molar-refractivity contribution is -0.0132. The van der Waals surface area contributed by atoms with Gasteiger partial charge in [-0.25, -0.2) is 4.79 Å². The van der Waals surface area contributed by atoms with Crippen LogP contribution in [0.5, 0.6) is 0 Å². The van der Waals surface area contributed by atoms with Crippen molar-refractivity contribution >= 4 is 11.8 Å². The van der Waals surface area contributed by atoms with Gasteiger partial charge in [0.15, 0.2) is 0 Å². The number of amides is 1. The van der Waals surface area contributed by atoms with E-state index in [0.717, 1.165) is 36.4 Å². The molecule has 0 fully saturated rings. The molecule has 25 heavy (non-hydrogen) atoms. The van der Waals surface area contributed by atoms with Gasteiger partial charge in [0.1, 0.15) is 17.9 Å². The summed E-state index contributed by atoms with van der Waals surface area (Å²) < 4.78 is 5.05. The lowest BCUT2D eigenvalue weighted by Crippen LogP contribution is -2.32. The Labute approximate surface area is 148 Å². The lowest BCUT2D eigenvalue weighted by Gasteiger charge is -2.19. The number of hydrogen-bond acceptors (Lipinski definition) is 6. The van der Waals surface area contributed by atoms with Gasteiger partial charge in [-0.05, 0) is 58.6 Å². The number of nitrogens with one attached hydrogen (secondary N) is 1. The summed E-state index contributed by atoms with van der Waals surface area (Å²) in [5, 5.41) is 4.23. The first kappa shape index (κ1) is 19.2. The third-order valence-electron chi connectivity index (χ3n) is 3.46. The Morgan fingerprint density at radius 3 is 2.84 bits per heavy atom. The van der Waals surface area contributed by atoms with Gasteiger partial charge in [-0.3, -0.25) is 9.82 Å². The molecule has 1 aromatic rings. The molecule has 1 aromatic heterocycles. The number of nitrogens with zero attached hydrogens (tertiary/aromatic N) is 2. The van der Waals surface area contributed by atoms with Crippen LogP contribution in [0, 0.1) is 6.92 Å². The maximum absolute atomic E-state index is 11.4. The maximum atomic E-state index is 11.4. The summed E-state index contributed by atoms with van der Waals surface area (Å²) in [6.45, 7) is 8.07. The fourth-order valence-corrected chi connectivity index (χ4v) is 2.42. The molecule has 0 radical (unpaired) electrons. The van der Waals surface area contributed by atoms with Crippen LogP contribution in [0.15, 0.2) is 17.3 Å². The van der Waals surface area contributed by atoms with E-state index in [1.165, 1.54) is 5.56 Å². The summed E-state index contributed by atoms with van der Waals surface area (Å²) in [7, 11) is 0. The van der Waals surface area contributed by atoms with E-state index in [1.54, 1.807) is 20.8 Å². The van der Waals surface area contributed by atoms with Gasteiger partial charge in [0.05, 0.1) is 12.3 Å². The molecule has 0 atom stereocenters. The SMILES string of the molecule is Cc1ccc2c(n1)/C(=N/OCCCONC(=O)OC(C)(C)C)CCC2. The summed E-state index contributed by atoms with van der Waals surface area (Å²) >= 11 is 0. The van der Waals surface area contributed by atoms with Gasteiger partial charge in [-0.2, -0.15) is 5.48 Å². The molecule has 1 N–H and O–H groups in total. The zero-order valence-corrected chi connectivity index (χ0v) is 15.4. The van der Waals surface area contributed by atoms with Crippen LogP contribution in [0.3, 0.4) is 0 Å². The molecule has 0 saturated carbocycles. The van der Waals surface area contributed by atoms with Crippen molar-refractivity contribution in [3.63, 3.8) is 0 Å². The summed E-state index contributed by atoms with van der Waals surface area (Å²) in [6.07, 6.45) is 2.96. The smallest absolute Gasteiger partial charge is 0.431 e. The highest BCUT2D eigenvalue weighted by atomic mass is 16.7. The minimum Gasteiger partial charge on any atom is -0.442 e. The lowest BCUT2D eigenvalue weighted by atomic mass is 9.94. The predicted molar refractivity (Wildman–Crippen MR) is 94.3 cm³/mol. The van der Waals surface area contributed by atoms with Crippen molar-refractivity contribution in [2.45, 2.75) is 59.0 Å². The van der Waals surface area contributed by atoms with E-state index in [-0.39, 0.29) is 0 Å². The minimum atomic E-state index is -0.603. The van der Waals surface area contributed by atoms with Crippen LogP contribution in [0.1, 0.15) is 57.0 Å². The standard InChI is InChI=1S/C18H27N3O4/c1-13-9-10-14-7-5-8-15(16(14)19-13)20-23-11-6-12-24-21-17(22)25-18(2,3)4/h9-10H,5-8,11-12H2,1-4H3,(H,21,22)/b20-15+.